The number of halogens is 3. The molecule has 3 aromatic rings. The molecule has 0 bridgehead atoms. The minimum atomic E-state index is -4.56. The molecule has 0 aliphatic carbocycles. The van der Waals surface area contributed by atoms with Gasteiger partial charge in [0.15, 0.2) is 0 Å². The second kappa shape index (κ2) is 10.1. The highest BCUT2D eigenvalue weighted by atomic mass is 32.2. The number of sulfonamides is 1. The molecule has 0 aliphatic rings. The van der Waals surface area contributed by atoms with E-state index in [-0.39, 0.29) is 27.4 Å². The minimum Gasteiger partial charge on any atom is -0.497 e. The first-order valence-electron chi connectivity index (χ1n) is 9.82. The smallest absolute Gasteiger partial charge is 0.416 e. The first-order valence-corrected chi connectivity index (χ1v) is 11.3. The van der Waals surface area contributed by atoms with Crippen LogP contribution in [0.25, 0.3) is 0 Å². The topological polar surface area (TPSA) is 111 Å². The Labute approximate surface area is 198 Å². The summed E-state index contributed by atoms with van der Waals surface area (Å²) in [5.74, 6) is -1.09. The molecule has 35 heavy (non-hydrogen) atoms. The molecule has 3 aromatic carbocycles. The van der Waals surface area contributed by atoms with E-state index in [0.29, 0.717) is 5.75 Å². The quantitative estimate of drug-likeness (QED) is 0.453. The van der Waals surface area contributed by atoms with E-state index in [1.807, 2.05) is 0 Å². The predicted molar refractivity (Wildman–Crippen MR) is 121 cm³/mol. The summed E-state index contributed by atoms with van der Waals surface area (Å²) in [6.45, 7) is 0. The lowest BCUT2D eigenvalue weighted by molar-refractivity contribution is -0.137. The van der Waals surface area contributed by atoms with Gasteiger partial charge in [-0.15, -0.1) is 0 Å². The third-order valence-corrected chi connectivity index (χ3v) is 6.13. The Balaban J connectivity index is 1.83. The molecule has 0 heterocycles. The number of rotatable bonds is 7. The van der Waals surface area contributed by atoms with Gasteiger partial charge in [-0.05, 0) is 60.7 Å². The lowest BCUT2D eigenvalue weighted by Gasteiger charge is -2.13. The number of nitrogens with one attached hydrogen (secondary N) is 2. The van der Waals surface area contributed by atoms with Crippen LogP contribution in [-0.4, -0.2) is 34.5 Å². The van der Waals surface area contributed by atoms with E-state index >= 15 is 0 Å². The van der Waals surface area contributed by atoms with Crippen molar-refractivity contribution < 1.29 is 40.7 Å². The summed E-state index contributed by atoms with van der Waals surface area (Å²) in [6.07, 6.45) is -4.56. The van der Waals surface area contributed by atoms with Gasteiger partial charge in [-0.25, -0.2) is 13.2 Å². The Morgan fingerprint density at radius 1 is 0.914 bits per heavy atom. The molecule has 0 unspecified atom stereocenters. The molecular weight excluding hydrogens is 489 g/mol. The van der Waals surface area contributed by atoms with E-state index in [0.717, 1.165) is 30.3 Å². The molecular formula is C23H19F3N2O6S. The number of anilines is 2. The fourth-order valence-electron chi connectivity index (χ4n) is 2.98. The molecule has 12 heteroatoms. The van der Waals surface area contributed by atoms with Gasteiger partial charge in [-0.1, -0.05) is 6.07 Å². The Kier molecular flexibility index (Phi) is 7.34. The monoisotopic (exact) mass is 508 g/mol. The number of hydrogen-bond donors (Lipinski definition) is 2. The van der Waals surface area contributed by atoms with Crippen LogP contribution in [0.1, 0.15) is 26.3 Å². The number of carbonyl (C=O) groups is 2. The van der Waals surface area contributed by atoms with Gasteiger partial charge < -0.3 is 14.8 Å². The highest BCUT2D eigenvalue weighted by Crippen LogP contribution is 2.30. The van der Waals surface area contributed by atoms with Gasteiger partial charge >= 0.3 is 12.1 Å². The fraction of sp³-hybridized carbons (Fsp3) is 0.130. The number of methoxy groups -OCH3 is 2. The summed E-state index contributed by atoms with van der Waals surface area (Å²) >= 11 is 0. The van der Waals surface area contributed by atoms with Gasteiger partial charge in [0.1, 0.15) is 5.75 Å². The highest BCUT2D eigenvalue weighted by Gasteiger charge is 2.30. The zero-order valence-electron chi connectivity index (χ0n) is 18.3. The molecule has 0 saturated carbocycles. The average Bonchev–Trinajstić information content (AvgIpc) is 2.83. The molecule has 3 rings (SSSR count). The summed E-state index contributed by atoms with van der Waals surface area (Å²) in [6, 6.07) is 12.7. The molecule has 184 valence electrons. The Morgan fingerprint density at radius 3 is 2.20 bits per heavy atom. The number of alkyl halides is 3. The van der Waals surface area contributed by atoms with Crippen LogP contribution in [0.4, 0.5) is 24.5 Å². The van der Waals surface area contributed by atoms with Crippen LogP contribution in [0.15, 0.2) is 71.6 Å². The zero-order valence-corrected chi connectivity index (χ0v) is 19.2. The summed E-state index contributed by atoms with van der Waals surface area (Å²) in [5, 5.41) is 2.52. The normalized spacial score (nSPS) is 11.5. The van der Waals surface area contributed by atoms with Gasteiger partial charge in [0, 0.05) is 11.3 Å². The molecule has 0 spiro atoms. The van der Waals surface area contributed by atoms with Crippen LogP contribution < -0.4 is 14.8 Å². The second-order valence-corrected chi connectivity index (χ2v) is 8.75. The van der Waals surface area contributed by atoms with E-state index in [1.165, 1.54) is 50.6 Å². The van der Waals surface area contributed by atoms with Crippen molar-refractivity contribution >= 4 is 33.3 Å². The molecule has 0 fully saturated rings. The molecule has 2 N–H and O–H groups in total. The van der Waals surface area contributed by atoms with Crippen LogP contribution in [0.3, 0.4) is 0 Å². The van der Waals surface area contributed by atoms with Gasteiger partial charge in [-0.2, -0.15) is 13.2 Å². The number of carbonyl (C=O) groups excluding carboxylic acids is 2. The van der Waals surface area contributed by atoms with Gasteiger partial charge in [0.25, 0.3) is 15.9 Å². The molecule has 1 amide bonds. The number of hydrogen-bond acceptors (Lipinski definition) is 6. The summed E-state index contributed by atoms with van der Waals surface area (Å²) in [4.78, 5) is 24.6. The van der Waals surface area contributed by atoms with Gasteiger partial charge in [-0.3, -0.25) is 9.52 Å². The Hall–Kier alpha value is -4.06. The Morgan fingerprint density at radius 2 is 1.60 bits per heavy atom. The maximum atomic E-state index is 12.8. The van der Waals surface area contributed by atoms with Gasteiger partial charge in [0.2, 0.25) is 0 Å². The second-order valence-electron chi connectivity index (χ2n) is 7.07. The van der Waals surface area contributed by atoms with Crippen LogP contribution in [0, 0.1) is 0 Å². The van der Waals surface area contributed by atoms with Crippen molar-refractivity contribution in [3.8, 4) is 5.75 Å². The van der Waals surface area contributed by atoms with Crippen molar-refractivity contribution in [3.63, 3.8) is 0 Å². The zero-order chi connectivity index (χ0) is 25.8. The van der Waals surface area contributed by atoms with Crippen molar-refractivity contribution in [1.82, 2.24) is 0 Å². The van der Waals surface area contributed by atoms with Crippen molar-refractivity contribution in [3.05, 3.63) is 83.4 Å². The molecule has 0 aliphatic heterocycles. The van der Waals surface area contributed by atoms with E-state index in [4.69, 9.17) is 9.47 Å². The lowest BCUT2D eigenvalue weighted by atomic mass is 10.1. The van der Waals surface area contributed by atoms with E-state index in [9.17, 15) is 31.2 Å². The SMILES string of the molecule is COC(=O)c1cc(OC)ccc1NC(=O)c1cccc(S(=O)(=O)Nc2ccc(C(F)(F)F)cc2)c1. The maximum absolute atomic E-state index is 12.8. The van der Waals surface area contributed by atoms with E-state index in [2.05, 4.69) is 10.0 Å². The highest BCUT2D eigenvalue weighted by molar-refractivity contribution is 7.92. The van der Waals surface area contributed by atoms with Crippen LogP contribution >= 0.6 is 0 Å². The van der Waals surface area contributed by atoms with Crippen molar-refractivity contribution in [2.24, 2.45) is 0 Å². The molecule has 0 radical (unpaired) electrons. The number of esters is 1. The average molecular weight is 508 g/mol. The minimum absolute atomic E-state index is 0.0212. The van der Waals surface area contributed by atoms with Crippen molar-refractivity contribution in [2.45, 2.75) is 11.1 Å². The Bertz CT molecular complexity index is 1360. The van der Waals surface area contributed by atoms with Crippen LogP contribution in [0.2, 0.25) is 0 Å². The maximum Gasteiger partial charge on any atom is 0.416 e. The van der Waals surface area contributed by atoms with E-state index < -0.39 is 33.6 Å². The largest absolute Gasteiger partial charge is 0.497 e. The number of benzene rings is 3. The number of amides is 1. The van der Waals surface area contributed by atoms with Gasteiger partial charge in [0.05, 0.1) is 35.9 Å². The molecule has 0 aromatic heterocycles. The first kappa shape index (κ1) is 25.6. The van der Waals surface area contributed by atoms with Crippen molar-refractivity contribution in [1.29, 1.82) is 0 Å². The lowest BCUT2D eigenvalue weighted by Crippen LogP contribution is -2.17. The third kappa shape index (κ3) is 6.09. The van der Waals surface area contributed by atoms with E-state index in [1.54, 1.807) is 0 Å². The fourth-order valence-corrected chi connectivity index (χ4v) is 4.08. The third-order valence-electron chi connectivity index (χ3n) is 4.75. The van der Waals surface area contributed by atoms with Crippen LogP contribution in [0.5, 0.6) is 5.75 Å². The predicted octanol–water partition coefficient (Wildman–Crippen LogP) is 4.55. The summed E-state index contributed by atoms with van der Waals surface area (Å²) < 4.78 is 75.6. The molecule has 0 saturated heterocycles. The summed E-state index contributed by atoms with van der Waals surface area (Å²) in [5.41, 5.74) is -0.934. The first-order chi connectivity index (χ1) is 16.4. The standard InChI is InChI=1S/C23H19F3N2O6S/c1-33-17-10-11-20(19(13-17)22(30)34-2)27-21(29)14-4-3-5-18(12-14)35(31,32)28-16-8-6-15(7-9-16)23(24,25)26/h3-13,28H,1-2H3,(H,27,29). The van der Waals surface area contributed by atoms with Crippen LogP contribution in [-0.2, 0) is 20.9 Å². The summed E-state index contributed by atoms with van der Waals surface area (Å²) in [7, 11) is -1.65. The molecule has 0 atom stereocenters. The molecule has 8 nitrogen and oxygen atoms in total. The van der Waals surface area contributed by atoms with Crippen molar-refractivity contribution in [2.75, 3.05) is 24.3 Å². The number of ether oxygens (including phenoxy) is 2.